The van der Waals surface area contributed by atoms with Gasteiger partial charge in [0.2, 0.25) is 17.6 Å². The second kappa shape index (κ2) is 15.2. The van der Waals surface area contributed by atoms with Gasteiger partial charge in [0, 0.05) is 17.0 Å². The van der Waals surface area contributed by atoms with E-state index in [2.05, 4.69) is 16.0 Å². The van der Waals surface area contributed by atoms with Gasteiger partial charge in [-0.1, -0.05) is 73.4 Å². The molecular weight excluding hydrogens is 618 g/mol. The molecule has 0 aromatic heterocycles. The number of nitrogens with zero attached hydrogens (tertiary/aromatic N) is 1. The van der Waals surface area contributed by atoms with E-state index in [1.807, 2.05) is 66.9 Å². The van der Waals surface area contributed by atoms with E-state index in [-0.39, 0.29) is 35.5 Å². The van der Waals surface area contributed by atoms with E-state index < -0.39 is 59.1 Å². The van der Waals surface area contributed by atoms with Crippen LogP contribution in [0.2, 0.25) is 0 Å². The predicted molar refractivity (Wildman–Crippen MR) is 183 cm³/mol. The molecule has 0 radical (unpaired) electrons. The van der Waals surface area contributed by atoms with Crippen LogP contribution in [0.4, 0.5) is 4.79 Å². The number of ketones is 2. The molecule has 5 amide bonds. The van der Waals surface area contributed by atoms with E-state index in [0.29, 0.717) is 18.4 Å². The molecule has 11 nitrogen and oxygen atoms in total. The van der Waals surface area contributed by atoms with Crippen molar-refractivity contribution in [3.63, 3.8) is 0 Å². The van der Waals surface area contributed by atoms with Gasteiger partial charge in [0.05, 0.1) is 12.1 Å². The molecule has 12 heteroatoms. The Balaban J connectivity index is 1.85. The maximum absolute atomic E-state index is 14.4. The fraction of sp³-hybridized carbons (Fsp3) is 0.657. The highest BCUT2D eigenvalue weighted by atomic mass is 32.2. The van der Waals surface area contributed by atoms with E-state index in [1.54, 1.807) is 30.8 Å². The lowest BCUT2D eigenvalue weighted by molar-refractivity contribution is -0.146. The summed E-state index contributed by atoms with van der Waals surface area (Å²) in [5.41, 5.74) is 4.77. The highest BCUT2D eigenvalue weighted by Crippen LogP contribution is 2.55. The maximum atomic E-state index is 14.4. The standard InChI is InChI=1S/C35H53N5O6S/c1-10-40(26(23-18-35(23,7)8)31(44)37-24(17-20-11-12-20)28(42)30(36)43)32(45)29(34(4,5)6)39-33(46)38-25(19(2)3)27(41)21-13-15-22(47-9)16-14-21/h13-16,19-20,23-26,29H,10-12,17-18H2,1-9H3,(H2,36,43)(H,37,44)(H2,38,39,46)/t23-,24?,25-,26-,29+/m0/s1. The Hall–Kier alpha value is -3.41. The number of thioether (sulfide) groups is 1. The van der Waals surface area contributed by atoms with Crippen LogP contribution in [0, 0.1) is 28.6 Å². The molecule has 1 aromatic carbocycles. The fourth-order valence-electron chi connectivity index (χ4n) is 6.02. The van der Waals surface area contributed by atoms with Crippen molar-refractivity contribution < 1.29 is 28.8 Å². The van der Waals surface area contributed by atoms with Crippen molar-refractivity contribution in [1.82, 2.24) is 20.9 Å². The Bertz CT molecular complexity index is 1350. The maximum Gasteiger partial charge on any atom is 0.316 e. The number of carbonyl (C=O) groups is 6. The third-order valence-corrected chi connectivity index (χ3v) is 10.1. The number of urea groups is 1. The minimum Gasteiger partial charge on any atom is -0.363 e. The smallest absolute Gasteiger partial charge is 0.316 e. The molecule has 0 bridgehead atoms. The summed E-state index contributed by atoms with van der Waals surface area (Å²) in [6.45, 7) is 15.1. The summed E-state index contributed by atoms with van der Waals surface area (Å²) in [5.74, 6) is -3.39. The molecule has 1 unspecified atom stereocenters. The summed E-state index contributed by atoms with van der Waals surface area (Å²) in [7, 11) is 0. The van der Waals surface area contributed by atoms with E-state index in [1.165, 1.54) is 4.90 Å². The number of benzene rings is 1. The van der Waals surface area contributed by atoms with E-state index in [4.69, 9.17) is 5.73 Å². The van der Waals surface area contributed by atoms with E-state index >= 15 is 0 Å². The Labute approximate surface area is 283 Å². The van der Waals surface area contributed by atoms with Gasteiger partial charge < -0.3 is 26.6 Å². The van der Waals surface area contributed by atoms with Crippen LogP contribution in [-0.4, -0.2) is 77.2 Å². The second-order valence-electron chi connectivity index (χ2n) is 15.1. The normalized spacial score (nSPS) is 19.5. The van der Waals surface area contributed by atoms with Crippen LogP contribution in [-0.2, 0) is 19.2 Å². The lowest BCUT2D eigenvalue weighted by atomic mass is 9.85. The highest BCUT2D eigenvalue weighted by Gasteiger charge is 2.56. The number of primary amides is 1. The molecule has 47 heavy (non-hydrogen) atoms. The summed E-state index contributed by atoms with van der Waals surface area (Å²) in [6.07, 6.45) is 4.76. The second-order valence-corrected chi connectivity index (χ2v) is 15.9. The minimum atomic E-state index is -1.11. The number of amides is 5. The molecule has 0 aliphatic heterocycles. The third kappa shape index (κ3) is 9.81. The summed E-state index contributed by atoms with van der Waals surface area (Å²) < 4.78 is 0. The quantitative estimate of drug-likeness (QED) is 0.117. The SMILES string of the molecule is CCN(C(=O)[C@@H](NC(=O)N[C@H](C(=O)c1ccc(SC)cc1)C(C)C)C(C)(C)C)[C@H](C(=O)NC(CC1CC1)C(=O)C(N)=O)[C@@H]1CC1(C)C. The van der Waals surface area contributed by atoms with Crippen LogP contribution < -0.4 is 21.7 Å². The number of nitrogens with one attached hydrogen (secondary N) is 3. The lowest BCUT2D eigenvalue weighted by Crippen LogP contribution is -2.63. The highest BCUT2D eigenvalue weighted by molar-refractivity contribution is 7.98. The summed E-state index contributed by atoms with van der Waals surface area (Å²) in [5, 5.41) is 8.38. The van der Waals surface area contributed by atoms with Crippen molar-refractivity contribution in [2.75, 3.05) is 12.8 Å². The Kier molecular flexibility index (Phi) is 12.3. The van der Waals surface area contributed by atoms with Crippen molar-refractivity contribution in [3.8, 4) is 0 Å². The van der Waals surface area contributed by atoms with Crippen LogP contribution >= 0.6 is 11.8 Å². The zero-order chi connectivity index (χ0) is 35.4. The first kappa shape index (κ1) is 38.0. The minimum absolute atomic E-state index is 0.162. The van der Waals surface area contributed by atoms with Gasteiger partial charge in [-0.25, -0.2) is 4.79 Å². The third-order valence-electron chi connectivity index (χ3n) is 9.34. The number of hydrogen-bond acceptors (Lipinski definition) is 7. The van der Waals surface area contributed by atoms with Crippen molar-refractivity contribution in [2.45, 2.75) is 110 Å². The van der Waals surface area contributed by atoms with E-state index in [9.17, 15) is 28.8 Å². The molecular formula is C35H53N5O6S. The van der Waals surface area contributed by atoms with Gasteiger partial charge in [-0.3, -0.25) is 24.0 Å². The van der Waals surface area contributed by atoms with Crippen LogP contribution in [0.1, 0.15) is 91.4 Å². The Morgan fingerprint density at radius 3 is 2.00 bits per heavy atom. The summed E-state index contributed by atoms with van der Waals surface area (Å²) >= 11 is 1.56. The monoisotopic (exact) mass is 671 g/mol. The van der Waals surface area contributed by atoms with Gasteiger partial charge in [0.25, 0.3) is 5.91 Å². The molecule has 5 atom stereocenters. The molecule has 0 saturated heterocycles. The largest absolute Gasteiger partial charge is 0.363 e. The van der Waals surface area contributed by atoms with Gasteiger partial charge in [0.15, 0.2) is 5.78 Å². The molecule has 5 N–H and O–H groups in total. The van der Waals surface area contributed by atoms with Crippen LogP contribution in [0.25, 0.3) is 0 Å². The molecule has 0 spiro atoms. The average Bonchev–Trinajstić information content (AvgIpc) is 3.92. The van der Waals surface area contributed by atoms with Gasteiger partial charge in [0.1, 0.15) is 12.1 Å². The molecule has 2 aliphatic rings. The first-order chi connectivity index (χ1) is 21.8. The molecule has 2 aliphatic carbocycles. The predicted octanol–water partition coefficient (Wildman–Crippen LogP) is 3.93. The number of rotatable bonds is 16. The van der Waals surface area contributed by atoms with Crippen LogP contribution in [0.3, 0.4) is 0 Å². The number of nitrogens with two attached hydrogens (primary N) is 1. The molecule has 1 aromatic rings. The van der Waals surface area contributed by atoms with Crippen molar-refractivity contribution >= 4 is 47.1 Å². The van der Waals surface area contributed by atoms with Gasteiger partial charge in [-0.05, 0) is 66.7 Å². The number of carbonyl (C=O) groups excluding carboxylic acids is 6. The van der Waals surface area contributed by atoms with Crippen molar-refractivity contribution in [2.24, 2.45) is 34.3 Å². The Morgan fingerprint density at radius 1 is 1.00 bits per heavy atom. The zero-order valence-corrected chi connectivity index (χ0v) is 30.1. The van der Waals surface area contributed by atoms with Crippen LogP contribution in [0.15, 0.2) is 29.2 Å². The molecule has 3 rings (SSSR count). The van der Waals surface area contributed by atoms with Gasteiger partial charge in [-0.2, -0.15) is 0 Å². The van der Waals surface area contributed by atoms with Crippen molar-refractivity contribution in [3.05, 3.63) is 29.8 Å². The molecule has 0 heterocycles. The van der Waals surface area contributed by atoms with Gasteiger partial charge in [-0.15, -0.1) is 11.8 Å². The lowest BCUT2D eigenvalue weighted by Gasteiger charge is -2.39. The molecule has 260 valence electrons. The fourth-order valence-corrected chi connectivity index (χ4v) is 6.43. The Morgan fingerprint density at radius 2 is 1.57 bits per heavy atom. The zero-order valence-electron chi connectivity index (χ0n) is 29.3. The first-order valence-electron chi connectivity index (χ1n) is 16.5. The molecule has 2 saturated carbocycles. The average molecular weight is 672 g/mol. The van der Waals surface area contributed by atoms with E-state index in [0.717, 1.165) is 17.7 Å². The van der Waals surface area contributed by atoms with Crippen LogP contribution in [0.5, 0.6) is 0 Å². The number of likely N-dealkylation sites (N-methyl/N-ethyl adjacent to an activating group) is 1. The van der Waals surface area contributed by atoms with Gasteiger partial charge >= 0.3 is 6.03 Å². The topological polar surface area (TPSA) is 168 Å². The number of Topliss-reactive ketones (excluding diaryl/α,β-unsaturated/α-hetero) is 2. The molecule has 2 fully saturated rings. The number of hydrogen-bond donors (Lipinski definition) is 4. The summed E-state index contributed by atoms with van der Waals surface area (Å²) in [4.78, 5) is 82.2. The first-order valence-corrected chi connectivity index (χ1v) is 17.7. The van der Waals surface area contributed by atoms with Crippen molar-refractivity contribution in [1.29, 1.82) is 0 Å². The summed E-state index contributed by atoms with van der Waals surface area (Å²) in [6, 6.07) is 2.61.